The second kappa shape index (κ2) is 6.26. The van der Waals surface area contributed by atoms with E-state index in [1.165, 1.54) is 0 Å². The Bertz CT molecular complexity index is 440. The van der Waals surface area contributed by atoms with Crippen LogP contribution in [-0.2, 0) is 4.79 Å². The van der Waals surface area contributed by atoms with Crippen molar-refractivity contribution in [3.05, 3.63) is 24.3 Å². The first-order valence-corrected chi connectivity index (χ1v) is 5.27. The van der Waals surface area contributed by atoms with Crippen molar-refractivity contribution in [2.45, 2.75) is 12.3 Å². The number of para-hydroxylation sites is 2. The van der Waals surface area contributed by atoms with Gasteiger partial charge in [-0.15, -0.1) is 0 Å². The molecule has 4 nitrogen and oxygen atoms in total. The molecule has 0 spiro atoms. The van der Waals surface area contributed by atoms with Crippen LogP contribution in [0.3, 0.4) is 0 Å². The van der Waals surface area contributed by atoms with Gasteiger partial charge in [-0.25, -0.2) is 8.78 Å². The first-order valence-electron chi connectivity index (χ1n) is 5.27. The second-order valence-electron chi connectivity index (χ2n) is 3.57. The van der Waals surface area contributed by atoms with Gasteiger partial charge < -0.3 is 15.8 Å². The molecule has 19 heavy (non-hydrogen) atoms. The lowest BCUT2D eigenvalue weighted by Gasteiger charge is -2.15. The summed E-state index contributed by atoms with van der Waals surface area (Å²) in [4.78, 5) is 10.8. The van der Waals surface area contributed by atoms with Crippen LogP contribution < -0.4 is 15.8 Å². The number of carbonyl (C=O) groups excluding carboxylic acids is 1. The van der Waals surface area contributed by atoms with Crippen molar-refractivity contribution in [3.63, 3.8) is 0 Å². The zero-order chi connectivity index (χ0) is 14.5. The quantitative estimate of drug-likeness (QED) is 0.473. The maximum Gasteiger partial charge on any atom is 0.383 e. The Morgan fingerprint density at radius 3 is 2.58 bits per heavy atom. The number of ether oxygens (including phenoxy) is 1. The van der Waals surface area contributed by atoms with Gasteiger partial charge in [-0.2, -0.15) is 8.78 Å². The molecule has 106 valence electrons. The molecule has 0 fully saturated rings. The molecule has 0 atom stereocenters. The molecular formula is C11H12F4N2O2. The Morgan fingerprint density at radius 1 is 1.37 bits per heavy atom. The Kier molecular flexibility index (Phi) is 4.96. The molecule has 1 rings (SSSR count). The van der Waals surface area contributed by atoms with Crippen LogP contribution >= 0.6 is 0 Å². The Morgan fingerprint density at radius 2 is 2.00 bits per heavy atom. The van der Waals surface area contributed by atoms with Crippen molar-refractivity contribution in [1.82, 2.24) is 5.32 Å². The standard InChI is InChI=1S/C11H12F4N2O2/c12-9(13)11(14,15)10(18)17-5-6-19-8-4-2-1-3-7(8)16/h1-4,9H,5-6,16H2,(H,17,18). The topological polar surface area (TPSA) is 64.3 Å². The third-order valence-electron chi connectivity index (χ3n) is 2.14. The number of amides is 1. The summed E-state index contributed by atoms with van der Waals surface area (Å²) in [5, 5.41) is 1.66. The first kappa shape index (κ1) is 15.1. The molecule has 1 aromatic carbocycles. The number of halogens is 4. The van der Waals surface area contributed by atoms with Crippen LogP contribution in [0.2, 0.25) is 0 Å². The van der Waals surface area contributed by atoms with Crippen LogP contribution in [0.1, 0.15) is 0 Å². The number of hydrogen-bond acceptors (Lipinski definition) is 3. The van der Waals surface area contributed by atoms with E-state index in [0.717, 1.165) is 0 Å². The van der Waals surface area contributed by atoms with Crippen LogP contribution in [-0.4, -0.2) is 31.4 Å². The van der Waals surface area contributed by atoms with E-state index in [2.05, 4.69) is 0 Å². The summed E-state index contributed by atoms with van der Waals surface area (Å²) in [7, 11) is 0. The molecular weight excluding hydrogens is 268 g/mol. The molecule has 0 aliphatic carbocycles. The van der Waals surface area contributed by atoms with E-state index in [9.17, 15) is 22.4 Å². The minimum atomic E-state index is -4.70. The van der Waals surface area contributed by atoms with Gasteiger partial charge >= 0.3 is 12.3 Å². The highest BCUT2D eigenvalue weighted by Gasteiger charge is 2.48. The second-order valence-corrected chi connectivity index (χ2v) is 3.57. The van der Waals surface area contributed by atoms with E-state index in [-0.39, 0.29) is 13.2 Å². The Balaban J connectivity index is 2.36. The molecule has 0 aromatic heterocycles. The van der Waals surface area contributed by atoms with Gasteiger partial charge in [-0.1, -0.05) is 12.1 Å². The van der Waals surface area contributed by atoms with E-state index >= 15 is 0 Å². The third-order valence-corrected chi connectivity index (χ3v) is 2.14. The fraction of sp³-hybridized carbons (Fsp3) is 0.364. The minimum absolute atomic E-state index is 0.167. The normalized spacial score (nSPS) is 11.4. The maximum absolute atomic E-state index is 12.5. The van der Waals surface area contributed by atoms with Gasteiger partial charge in [0.25, 0.3) is 5.91 Å². The average molecular weight is 280 g/mol. The Hall–Kier alpha value is -1.99. The van der Waals surface area contributed by atoms with E-state index in [1.807, 2.05) is 0 Å². The summed E-state index contributed by atoms with van der Waals surface area (Å²) in [6, 6.07) is 6.44. The van der Waals surface area contributed by atoms with Crippen molar-refractivity contribution >= 4 is 11.6 Å². The number of hydrogen-bond donors (Lipinski definition) is 2. The van der Waals surface area contributed by atoms with E-state index in [4.69, 9.17) is 10.5 Å². The molecule has 0 aliphatic heterocycles. The lowest BCUT2D eigenvalue weighted by atomic mass is 10.3. The molecule has 0 radical (unpaired) electrons. The van der Waals surface area contributed by atoms with Gasteiger partial charge in [-0.05, 0) is 12.1 Å². The van der Waals surface area contributed by atoms with Crippen LogP contribution in [0.15, 0.2) is 24.3 Å². The molecule has 1 aromatic rings. The highest BCUT2D eigenvalue weighted by molar-refractivity contribution is 5.83. The fourth-order valence-corrected chi connectivity index (χ4v) is 1.15. The van der Waals surface area contributed by atoms with Crippen molar-refractivity contribution in [1.29, 1.82) is 0 Å². The van der Waals surface area contributed by atoms with Gasteiger partial charge in [-0.3, -0.25) is 4.79 Å². The van der Waals surface area contributed by atoms with E-state index in [1.54, 1.807) is 29.6 Å². The van der Waals surface area contributed by atoms with Crippen molar-refractivity contribution in [2.24, 2.45) is 0 Å². The molecule has 0 saturated heterocycles. The average Bonchev–Trinajstić information content (AvgIpc) is 2.36. The number of rotatable bonds is 6. The number of alkyl halides is 4. The molecule has 0 heterocycles. The summed E-state index contributed by atoms with van der Waals surface area (Å²) in [5.74, 6) is -6.42. The molecule has 0 aliphatic rings. The number of benzene rings is 1. The maximum atomic E-state index is 12.5. The van der Waals surface area contributed by atoms with Gasteiger partial charge in [0.2, 0.25) is 0 Å². The molecule has 0 saturated carbocycles. The number of anilines is 1. The van der Waals surface area contributed by atoms with E-state index in [0.29, 0.717) is 11.4 Å². The fourth-order valence-electron chi connectivity index (χ4n) is 1.15. The predicted octanol–water partition coefficient (Wildman–Crippen LogP) is 1.66. The van der Waals surface area contributed by atoms with Crippen LogP contribution in [0, 0.1) is 0 Å². The van der Waals surface area contributed by atoms with Crippen LogP contribution in [0.5, 0.6) is 5.75 Å². The highest BCUT2D eigenvalue weighted by atomic mass is 19.3. The van der Waals surface area contributed by atoms with Crippen LogP contribution in [0.25, 0.3) is 0 Å². The Labute approximate surface area is 106 Å². The third kappa shape index (κ3) is 4.01. The van der Waals surface area contributed by atoms with E-state index < -0.39 is 18.3 Å². The lowest BCUT2D eigenvalue weighted by Crippen LogP contribution is -2.46. The molecule has 3 N–H and O–H groups in total. The summed E-state index contributed by atoms with van der Waals surface area (Å²) in [6.07, 6.45) is -4.04. The molecule has 0 unspecified atom stereocenters. The summed E-state index contributed by atoms with van der Waals surface area (Å²) in [5.41, 5.74) is 5.88. The van der Waals surface area contributed by atoms with Crippen molar-refractivity contribution in [2.75, 3.05) is 18.9 Å². The van der Waals surface area contributed by atoms with Gasteiger partial charge in [0.05, 0.1) is 12.2 Å². The summed E-state index contributed by atoms with van der Waals surface area (Å²) < 4.78 is 53.8. The summed E-state index contributed by atoms with van der Waals surface area (Å²) in [6.45, 7) is -0.505. The number of nitrogens with one attached hydrogen (secondary N) is 1. The monoisotopic (exact) mass is 280 g/mol. The molecule has 0 bridgehead atoms. The molecule has 8 heteroatoms. The number of carbonyl (C=O) groups is 1. The van der Waals surface area contributed by atoms with Gasteiger partial charge in [0.15, 0.2) is 0 Å². The molecule has 1 amide bonds. The van der Waals surface area contributed by atoms with Gasteiger partial charge in [0, 0.05) is 0 Å². The van der Waals surface area contributed by atoms with Crippen molar-refractivity contribution < 1.29 is 27.1 Å². The number of nitrogen functional groups attached to an aromatic ring is 1. The van der Waals surface area contributed by atoms with Crippen molar-refractivity contribution in [3.8, 4) is 5.75 Å². The minimum Gasteiger partial charge on any atom is -0.490 e. The lowest BCUT2D eigenvalue weighted by molar-refractivity contribution is -0.169. The SMILES string of the molecule is Nc1ccccc1OCCNC(=O)C(F)(F)C(F)F. The number of nitrogens with two attached hydrogens (primary N) is 1. The zero-order valence-electron chi connectivity index (χ0n) is 9.71. The summed E-state index contributed by atoms with van der Waals surface area (Å²) >= 11 is 0. The largest absolute Gasteiger partial charge is 0.490 e. The smallest absolute Gasteiger partial charge is 0.383 e. The predicted molar refractivity (Wildman–Crippen MR) is 60.3 cm³/mol. The zero-order valence-corrected chi connectivity index (χ0v) is 9.71. The van der Waals surface area contributed by atoms with Crippen LogP contribution in [0.4, 0.5) is 23.2 Å². The van der Waals surface area contributed by atoms with Gasteiger partial charge in [0.1, 0.15) is 12.4 Å². The first-order chi connectivity index (χ1) is 8.85. The highest BCUT2D eigenvalue weighted by Crippen LogP contribution is 2.22.